The van der Waals surface area contributed by atoms with Crippen LogP contribution in [0.2, 0.25) is 0 Å². The molecule has 9 heteroatoms. The third-order valence-electron chi connectivity index (χ3n) is 2.35. The lowest BCUT2D eigenvalue weighted by Crippen LogP contribution is -2.31. The standard InChI is InChI=1S/C12H18F2N2O3S.ClH/c1-2-15-7-8-16-20(17,18)11-5-3-10(4-6-11)19-9-12(13)14;/h3-6,12,15-16H,2,7-9H2,1H3;1H. The number of nitrogens with one attached hydrogen (secondary N) is 2. The SMILES string of the molecule is CCNCCNS(=O)(=O)c1ccc(OCC(F)F)cc1.Cl. The zero-order valence-electron chi connectivity index (χ0n) is 11.5. The van der Waals surface area contributed by atoms with E-state index in [1.54, 1.807) is 0 Å². The van der Waals surface area contributed by atoms with Crippen LogP contribution in [0.5, 0.6) is 5.75 Å². The van der Waals surface area contributed by atoms with Crippen molar-refractivity contribution < 1.29 is 21.9 Å². The third-order valence-corrected chi connectivity index (χ3v) is 3.83. The van der Waals surface area contributed by atoms with Gasteiger partial charge in [0.05, 0.1) is 4.90 Å². The highest BCUT2D eigenvalue weighted by atomic mass is 35.5. The first-order chi connectivity index (χ1) is 9.45. The van der Waals surface area contributed by atoms with Crippen molar-refractivity contribution >= 4 is 22.4 Å². The highest BCUT2D eigenvalue weighted by Gasteiger charge is 2.13. The summed E-state index contributed by atoms with van der Waals surface area (Å²) in [5.74, 6) is 0.205. The van der Waals surface area contributed by atoms with E-state index < -0.39 is 23.1 Å². The molecule has 0 saturated carbocycles. The number of hydrogen-bond donors (Lipinski definition) is 2. The molecule has 0 heterocycles. The molecule has 2 N–H and O–H groups in total. The minimum atomic E-state index is -3.58. The predicted molar refractivity (Wildman–Crippen MR) is 78.9 cm³/mol. The Morgan fingerprint density at radius 2 is 1.81 bits per heavy atom. The normalized spacial score (nSPS) is 11.2. The van der Waals surface area contributed by atoms with Gasteiger partial charge < -0.3 is 10.1 Å². The Labute approximate surface area is 129 Å². The maximum atomic E-state index is 12.0. The molecule has 1 aromatic rings. The number of alkyl halides is 2. The summed E-state index contributed by atoms with van der Waals surface area (Å²) in [7, 11) is -3.58. The zero-order chi connectivity index (χ0) is 15.0. The lowest BCUT2D eigenvalue weighted by molar-refractivity contribution is 0.0819. The van der Waals surface area contributed by atoms with Gasteiger partial charge in [-0.05, 0) is 30.8 Å². The molecular formula is C12H19ClF2N2O3S. The molecule has 0 radical (unpaired) electrons. The van der Waals surface area contributed by atoms with Crippen LogP contribution in [0, 0.1) is 0 Å². The molecule has 0 saturated heterocycles. The van der Waals surface area contributed by atoms with Gasteiger partial charge in [0.15, 0.2) is 0 Å². The van der Waals surface area contributed by atoms with Crippen LogP contribution in [0.25, 0.3) is 0 Å². The second kappa shape index (κ2) is 9.88. The molecule has 0 aliphatic heterocycles. The maximum Gasteiger partial charge on any atom is 0.272 e. The molecule has 0 amide bonds. The maximum absolute atomic E-state index is 12.0. The molecule has 21 heavy (non-hydrogen) atoms. The summed E-state index contributed by atoms with van der Waals surface area (Å²) >= 11 is 0. The van der Waals surface area contributed by atoms with E-state index in [0.29, 0.717) is 6.54 Å². The Bertz CT molecular complexity index is 498. The smallest absolute Gasteiger partial charge is 0.272 e. The fourth-order valence-electron chi connectivity index (χ4n) is 1.41. The monoisotopic (exact) mass is 344 g/mol. The van der Waals surface area contributed by atoms with Crippen LogP contribution in [-0.2, 0) is 10.0 Å². The van der Waals surface area contributed by atoms with Crippen LogP contribution in [0.1, 0.15) is 6.92 Å². The highest BCUT2D eigenvalue weighted by Crippen LogP contribution is 2.16. The molecular weight excluding hydrogens is 326 g/mol. The van der Waals surface area contributed by atoms with E-state index in [-0.39, 0.29) is 29.6 Å². The molecule has 0 aromatic heterocycles. The van der Waals surface area contributed by atoms with Gasteiger partial charge in [0.2, 0.25) is 10.0 Å². The van der Waals surface area contributed by atoms with Crippen LogP contribution in [0.4, 0.5) is 8.78 Å². The van der Waals surface area contributed by atoms with Gasteiger partial charge in [-0.2, -0.15) is 0 Å². The average Bonchev–Trinajstić information content (AvgIpc) is 2.42. The van der Waals surface area contributed by atoms with Crippen molar-refractivity contribution in [3.63, 3.8) is 0 Å². The van der Waals surface area contributed by atoms with Crippen molar-refractivity contribution in [3.05, 3.63) is 24.3 Å². The van der Waals surface area contributed by atoms with E-state index in [4.69, 9.17) is 4.74 Å². The van der Waals surface area contributed by atoms with Crippen LogP contribution in [0.15, 0.2) is 29.2 Å². The molecule has 0 fully saturated rings. The van der Waals surface area contributed by atoms with E-state index in [1.807, 2.05) is 6.92 Å². The van der Waals surface area contributed by atoms with Gasteiger partial charge in [0.25, 0.3) is 6.43 Å². The lowest BCUT2D eigenvalue weighted by Gasteiger charge is -2.09. The number of sulfonamides is 1. The summed E-state index contributed by atoms with van der Waals surface area (Å²) in [5, 5.41) is 2.99. The predicted octanol–water partition coefficient (Wildman–Crippen LogP) is 1.64. The van der Waals surface area contributed by atoms with E-state index in [9.17, 15) is 17.2 Å². The Morgan fingerprint density at radius 1 is 1.19 bits per heavy atom. The largest absolute Gasteiger partial charge is 0.488 e. The molecule has 0 aliphatic rings. The molecule has 122 valence electrons. The number of rotatable bonds is 9. The van der Waals surface area contributed by atoms with Gasteiger partial charge in [0, 0.05) is 13.1 Å². The van der Waals surface area contributed by atoms with Crippen LogP contribution < -0.4 is 14.8 Å². The summed E-state index contributed by atoms with van der Waals surface area (Å²) in [6, 6.07) is 5.33. The highest BCUT2D eigenvalue weighted by molar-refractivity contribution is 7.89. The second-order valence-electron chi connectivity index (χ2n) is 3.92. The molecule has 0 atom stereocenters. The lowest BCUT2D eigenvalue weighted by atomic mass is 10.3. The molecule has 0 bridgehead atoms. The molecule has 1 rings (SSSR count). The quantitative estimate of drug-likeness (QED) is 0.668. The van der Waals surface area contributed by atoms with Crippen molar-refractivity contribution in [1.82, 2.24) is 10.0 Å². The van der Waals surface area contributed by atoms with Crippen LogP contribution in [-0.4, -0.2) is 41.1 Å². The minimum Gasteiger partial charge on any atom is -0.488 e. The van der Waals surface area contributed by atoms with Crippen LogP contribution in [0.3, 0.4) is 0 Å². The fourth-order valence-corrected chi connectivity index (χ4v) is 2.44. The van der Waals surface area contributed by atoms with Gasteiger partial charge in [-0.1, -0.05) is 6.92 Å². The van der Waals surface area contributed by atoms with Gasteiger partial charge in [-0.15, -0.1) is 12.4 Å². The van der Waals surface area contributed by atoms with Crippen molar-refractivity contribution in [3.8, 4) is 5.75 Å². The van der Waals surface area contributed by atoms with E-state index in [1.165, 1.54) is 24.3 Å². The summed E-state index contributed by atoms with van der Waals surface area (Å²) < 4.78 is 54.9. The van der Waals surface area contributed by atoms with E-state index >= 15 is 0 Å². The summed E-state index contributed by atoms with van der Waals surface area (Å²) in [4.78, 5) is 0.0680. The fraction of sp³-hybridized carbons (Fsp3) is 0.500. The van der Waals surface area contributed by atoms with Crippen molar-refractivity contribution in [2.75, 3.05) is 26.2 Å². The van der Waals surface area contributed by atoms with Crippen molar-refractivity contribution in [1.29, 1.82) is 0 Å². The molecule has 0 spiro atoms. The van der Waals surface area contributed by atoms with Crippen LogP contribution >= 0.6 is 12.4 Å². The Kier molecular flexibility index (Phi) is 9.43. The van der Waals surface area contributed by atoms with Gasteiger partial charge in [0.1, 0.15) is 12.4 Å². The number of ether oxygens (including phenoxy) is 1. The van der Waals surface area contributed by atoms with E-state index in [2.05, 4.69) is 10.0 Å². The number of halogens is 3. The summed E-state index contributed by atoms with van der Waals surface area (Å²) in [6.07, 6.45) is -2.56. The molecule has 0 unspecified atom stereocenters. The topological polar surface area (TPSA) is 67.4 Å². The first kappa shape index (κ1) is 20.0. The molecule has 5 nitrogen and oxygen atoms in total. The van der Waals surface area contributed by atoms with Gasteiger partial charge >= 0.3 is 0 Å². The van der Waals surface area contributed by atoms with Crippen molar-refractivity contribution in [2.45, 2.75) is 18.2 Å². The summed E-state index contributed by atoms with van der Waals surface area (Å²) in [6.45, 7) is 2.78. The number of likely N-dealkylation sites (N-methyl/N-ethyl adjacent to an activating group) is 1. The molecule has 1 aromatic carbocycles. The summed E-state index contributed by atoms with van der Waals surface area (Å²) in [5.41, 5.74) is 0. The van der Waals surface area contributed by atoms with Gasteiger partial charge in [-0.25, -0.2) is 21.9 Å². The number of benzene rings is 1. The Morgan fingerprint density at radius 3 is 2.33 bits per heavy atom. The molecule has 0 aliphatic carbocycles. The van der Waals surface area contributed by atoms with E-state index in [0.717, 1.165) is 6.54 Å². The second-order valence-corrected chi connectivity index (χ2v) is 5.69. The van der Waals surface area contributed by atoms with Crippen molar-refractivity contribution in [2.24, 2.45) is 0 Å². The zero-order valence-corrected chi connectivity index (χ0v) is 13.1. The first-order valence-electron chi connectivity index (χ1n) is 6.17. The average molecular weight is 345 g/mol. The number of hydrogen-bond acceptors (Lipinski definition) is 4. The van der Waals surface area contributed by atoms with Gasteiger partial charge in [-0.3, -0.25) is 0 Å². The third kappa shape index (κ3) is 7.56. The minimum absolute atomic E-state index is 0. The Hall–Kier alpha value is -0.960. The Balaban J connectivity index is 0.00000400. The first-order valence-corrected chi connectivity index (χ1v) is 7.65.